The first-order valence-corrected chi connectivity index (χ1v) is 7.03. The second-order valence-electron chi connectivity index (χ2n) is 5.01. The minimum Gasteiger partial charge on any atom is -0.402 e. The van der Waals surface area contributed by atoms with Crippen LogP contribution in [0.4, 0.5) is 0 Å². The van der Waals surface area contributed by atoms with E-state index < -0.39 is 11.9 Å². The maximum atomic E-state index is 11.6. The molecule has 0 aromatic carbocycles. The lowest BCUT2D eigenvalue weighted by atomic mass is 10.1. The van der Waals surface area contributed by atoms with E-state index in [-0.39, 0.29) is 0 Å². The van der Waals surface area contributed by atoms with Crippen LogP contribution in [0.25, 0.3) is 0 Å². The minimum absolute atomic E-state index is 0.462. The normalized spacial score (nSPS) is 26.2. The molecule has 1 fully saturated rings. The highest BCUT2D eigenvalue weighted by Crippen LogP contribution is 2.20. The smallest absolute Gasteiger partial charge is 0.402 e. The van der Waals surface area contributed by atoms with Crippen molar-refractivity contribution in [3.8, 4) is 0 Å². The Kier molecular flexibility index (Phi) is 4.79. The lowest BCUT2D eigenvalue weighted by Crippen LogP contribution is -2.27. The van der Waals surface area contributed by atoms with Crippen molar-refractivity contribution in [2.45, 2.75) is 57.8 Å². The second kappa shape index (κ2) is 6.57. The molecule has 0 unspecified atom stereocenters. The number of carbonyl (C=O) groups excluding carboxylic acids is 2. The van der Waals surface area contributed by atoms with Gasteiger partial charge >= 0.3 is 11.9 Å². The number of amides is 1. The van der Waals surface area contributed by atoms with Gasteiger partial charge in [-0.15, -0.1) is 0 Å². The molecule has 0 spiro atoms. The van der Waals surface area contributed by atoms with Crippen molar-refractivity contribution in [1.29, 1.82) is 0 Å². The molecule has 18 heavy (non-hydrogen) atoms. The zero-order valence-electron chi connectivity index (χ0n) is 10.8. The summed E-state index contributed by atoms with van der Waals surface area (Å²) in [5, 5.41) is 0. The first-order chi connectivity index (χ1) is 8.79. The Morgan fingerprint density at radius 2 is 1.50 bits per heavy atom. The van der Waals surface area contributed by atoms with E-state index in [0.717, 1.165) is 25.7 Å². The van der Waals surface area contributed by atoms with Gasteiger partial charge in [-0.25, -0.2) is 4.79 Å². The Morgan fingerprint density at radius 3 is 2.22 bits per heavy atom. The van der Waals surface area contributed by atoms with Gasteiger partial charge in [0.1, 0.15) is 0 Å². The van der Waals surface area contributed by atoms with Crippen LogP contribution in [-0.2, 0) is 14.3 Å². The van der Waals surface area contributed by atoms with Crippen LogP contribution >= 0.6 is 0 Å². The Balaban J connectivity index is 1.99. The van der Waals surface area contributed by atoms with Gasteiger partial charge in [-0.2, -0.15) is 0 Å². The summed E-state index contributed by atoms with van der Waals surface area (Å²) >= 11 is 0. The van der Waals surface area contributed by atoms with Crippen LogP contribution in [0.1, 0.15) is 57.8 Å². The van der Waals surface area contributed by atoms with Gasteiger partial charge in [0.2, 0.25) is 5.88 Å². The molecule has 0 aromatic heterocycles. The lowest BCUT2D eigenvalue weighted by molar-refractivity contribution is -0.147. The monoisotopic (exact) mass is 251 g/mol. The second-order valence-corrected chi connectivity index (χ2v) is 5.01. The molecular formula is C14H21NO3. The highest BCUT2D eigenvalue weighted by molar-refractivity contribution is 6.34. The van der Waals surface area contributed by atoms with Crippen molar-refractivity contribution in [2.24, 2.45) is 0 Å². The topological polar surface area (TPSA) is 46.6 Å². The number of fused-ring (bicyclic) bond motifs is 1. The maximum absolute atomic E-state index is 11.6. The number of carbonyl (C=O) groups is 2. The maximum Gasteiger partial charge on any atom is 0.404 e. The summed E-state index contributed by atoms with van der Waals surface area (Å²) < 4.78 is 5.01. The fourth-order valence-corrected chi connectivity index (χ4v) is 2.47. The molecule has 0 atom stereocenters. The molecule has 0 bridgehead atoms. The van der Waals surface area contributed by atoms with Gasteiger partial charge in [0, 0.05) is 6.54 Å². The molecule has 100 valence electrons. The molecule has 4 nitrogen and oxygen atoms in total. The van der Waals surface area contributed by atoms with E-state index in [2.05, 4.69) is 0 Å². The molecule has 2 rings (SSSR count). The summed E-state index contributed by atoms with van der Waals surface area (Å²) in [6, 6.07) is 0. The van der Waals surface area contributed by atoms with Crippen LogP contribution in [0, 0.1) is 0 Å². The van der Waals surface area contributed by atoms with E-state index in [0.29, 0.717) is 12.4 Å². The van der Waals surface area contributed by atoms with Crippen LogP contribution < -0.4 is 0 Å². The van der Waals surface area contributed by atoms with Gasteiger partial charge < -0.3 is 4.74 Å². The summed E-state index contributed by atoms with van der Waals surface area (Å²) in [7, 11) is 0. The Bertz CT molecular complexity index is 349. The predicted octanol–water partition coefficient (Wildman–Crippen LogP) is 2.74. The fraction of sp³-hybridized carbons (Fsp3) is 0.714. The zero-order valence-corrected chi connectivity index (χ0v) is 10.8. The molecule has 1 saturated heterocycles. The van der Waals surface area contributed by atoms with Gasteiger partial charge in [-0.3, -0.25) is 9.69 Å². The molecular weight excluding hydrogens is 230 g/mol. The average Bonchev–Trinajstić information content (AvgIpc) is 2.63. The summed E-state index contributed by atoms with van der Waals surface area (Å²) in [5.41, 5.74) is 0. The van der Waals surface area contributed by atoms with E-state index in [9.17, 15) is 9.59 Å². The van der Waals surface area contributed by atoms with Crippen molar-refractivity contribution in [1.82, 2.24) is 4.90 Å². The third kappa shape index (κ3) is 3.34. The number of hydrogen-bond acceptors (Lipinski definition) is 3. The molecule has 1 amide bonds. The van der Waals surface area contributed by atoms with Crippen LogP contribution in [0.5, 0.6) is 0 Å². The summed E-state index contributed by atoms with van der Waals surface area (Å²) in [6.07, 6.45) is 12.2. The number of rotatable bonds is 0. The van der Waals surface area contributed by atoms with Gasteiger partial charge in [0.25, 0.3) is 0 Å². The van der Waals surface area contributed by atoms with Crippen LogP contribution in [-0.4, -0.2) is 23.3 Å². The SMILES string of the molecule is O=C1O/C2=C/CCCCCCCCCCN2C1=O. The van der Waals surface area contributed by atoms with Crippen LogP contribution in [0.3, 0.4) is 0 Å². The lowest BCUT2D eigenvalue weighted by Gasteiger charge is -2.13. The van der Waals surface area contributed by atoms with Gasteiger partial charge in [-0.05, 0) is 25.3 Å². The molecule has 0 radical (unpaired) electrons. The minimum atomic E-state index is -0.728. The van der Waals surface area contributed by atoms with E-state index in [1.54, 1.807) is 0 Å². The average molecular weight is 251 g/mol. The van der Waals surface area contributed by atoms with Crippen LogP contribution in [0.2, 0.25) is 0 Å². The largest absolute Gasteiger partial charge is 0.404 e. The third-order valence-corrected chi connectivity index (χ3v) is 3.54. The highest BCUT2D eigenvalue weighted by atomic mass is 16.6. The van der Waals surface area contributed by atoms with Gasteiger partial charge in [-0.1, -0.05) is 38.5 Å². The molecule has 0 aromatic rings. The van der Waals surface area contributed by atoms with Crippen molar-refractivity contribution < 1.29 is 14.3 Å². The highest BCUT2D eigenvalue weighted by Gasteiger charge is 2.35. The van der Waals surface area contributed by atoms with E-state index in [4.69, 9.17) is 4.74 Å². The molecule has 2 aliphatic rings. The molecule has 2 aliphatic heterocycles. The van der Waals surface area contributed by atoms with E-state index >= 15 is 0 Å². The van der Waals surface area contributed by atoms with Gasteiger partial charge in [0.15, 0.2) is 0 Å². The van der Waals surface area contributed by atoms with Gasteiger partial charge in [0.05, 0.1) is 0 Å². The Hall–Kier alpha value is -1.32. The summed E-state index contributed by atoms with van der Waals surface area (Å²) in [4.78, 5) is 24.4. The van der Waals surface area contributed by atoms with Crippen LogP contribution in [0.15, 0.2) is 12.0 Å². The Labute approximate surface area is 108 Å². The first kappa shape index (κ1) is 13.1. The molecule has 2 heterocycles. The molecule has 0 aliphatic carbocycles. The van der Waals surface area contributed by atoms with Crippen molar-refractivity contribution in [3.63, 3.8) is 0 Å². The number of allylic oxidation sites excluding steroid dienone is 1. The van der Waals surface area contributed by atoms with Crippen molar-refractivity contribution >= 4 is 11.9 Å². The van der Waals surface area contributed by atoms with E-state index in [1.165, 1.54) is 37.0 Å². The number of hydrogen-bond donors (Lipinski definition) is 0. The zero-order chi connectivity index (χ0) is 12.8. The van der Waals surface area contributed by atoms with E-state index in [1.807, 2.05) is 6.08 Å². The molecule has 0 saturated carbocycles. The quantitative estimate of drug-likeness (QED) is 0.491. The van der Waals surface area contributed by atoms with Crippen molar-refractivity contribution in [3.05, 3.63) is 12.0 Å². The first-order valence-electron chi connectivity index (χ1n) is 7.03. The van der Waals surface area contributed by atoms with Crippen molar-refractivity contribution in [2.75, 3.05) is 6.54 Å². The number of ether oxygens (including phenoxy) is 1. The standard InChI is InChI=1S/C14H21NO3/c16-13-14(17)18-12-10-8-6-4-2-1-3-5-7-9-11-15(12)13/h10H,1-9,11H2/b12-10+. The summed E-state index contributed by atoms with van der Waals surface area (Å²) in [5.74, 6) is -0.770. The Morgan fingerprint density at radius 1 is 0.889 bits per heavy atom. The predicted molar refractivity (Wildman–Crippen MR) is 67.4 cm³/mol. The fourth-order valence-electron chi connectivity index (χ4n) is 2.47. The number of esters is 1. The number of nitrogens with zero attached hydrogens (tertiary/aromatic N) is 1. The molecule has 4 heteroatoms. The third-order valence-electron chi connectivity index (χ3n) is 3.54. The molecule has 0 N–H and O–H groups in total. The summed E-state index contributed by atoms with van der Waals surface area (Å²) in [6.45, 7) is 0.608.